The summed E-state index contributed by atoms with van der Waals surface area (Å²) in [5.41, 5.74) is -0.0963. The van der Waals surface area contributed by atoms with Crippen LogP contribution < -0.4 is 10.1 Å². The van der Waals surface area contributed by atoms with Crippen molar-refractivity contribution in [3.05, 3.63) is 29.8 Å². The van der Waals surface area contributed by atoms with Crippen LogP contribution in [0.3, 0.4) is 0 Å². The fraction of sp³-hybridized carbons (Fsp3) is 0.471. The maximum atomic E-state index is 11.8. The van der Waals surface area contributed by atoms with Crippen molar-refractivity contribution in [3.63, 3.8) is 0 Å². The standard InChI is InChI=1S/C17H22N2O4/c1-12(2)17(4,11-18)19-15(20)9-23-16(21)10-22-14-8-6-5-7-13(14)3/h5-8,12H,9-10H2,1-4H3,(H,19,20)/t17-/m1/s1. The summed E-state index contributed by atoms with van der Waals surface area (Å²) in [6.07, 6.45) is 0. The molecular formula is C17H22N2O4. The molecule has 0 aromatic heterocycles. The predicted octanol–water partition coefficient (Wildman–Crippen LogP) is 1.97. The van der Waals surface area contributed by atoms with E-state index in [1.165, 1.54) is 0 Å². The Bertz CT molecular complexity index is 607. The van der Waals surface area contributed by atoms with Gasteiger partial charge in [0.25, 0.3) is 5.91 Å². The number of rotatable bonds is 7. The number of para-hydroxylation sites is 1. The van der Waals surface area contributed by atoms with E-state index < -0.39 is 24.0 Å². The van der Waals surface area contributed by atoms with E-state index in [4.69, 9.17) is 14.7 Å². The molecule has 1 aromatic rings. The van der Waals surface area contributed by atoms with E-state index >= 15 is 0 Å². The highest BCUT2D eigenvalue weighted by molar-refractivity contribution is 5.81. The number of aryl methyl sites for hydroxylation is 1. The number of benzene rings is 1. The lowest BCUT2D eigenvalue weighted by Gasteiger charge is -2.27. The molecule has 23 heavy (non-hydrogen) atoms. The first kappa shape index (κ1) is 18.5. The molecule has 0 radical (unpaired) electrons. The minimum atomic E-state index is -0.999. The van der Waals surface area contributed by atoms with Crippen molar-refractivity contribution in [3.8, 4) is 11.8 Å². The number of hydrogen-bond donors (Lipinski definition) is 1. The molecule has 6 heteroatoms. The van der Waals surface area contributed by atoms with Crippen molar-refractivity contribution in [2.75, 3.05) is 13.2 Å². The van der Waals surface area contributed by atoms with Gasteiger partial charge in [0.1, 0.15) is 11.3 Å². The van der Waals surface area contributed by atoms with Gasteiger partial charge >= 0.3 is 5.97 Å². The van der Waals surface area contributed by atoms with E-state index in [0.717, 1.165) is 5.56 Å². The van der Waals surface area contributed by atoms with Crippen molar-refractivity contribution < 1.29 is 19.1 Å². The second kappa shape index (κ2) is 8.18. The van der Waals surface area contributed by atoms with Gasteiger partial charge in [0.2, 0.25) is 0 Å². The van der Waals surface area contributed by atoms with Gasteiger partial charge in [-0.3, -0.25) is 4.79 Å². The normalized spacial score (nSPS) is 12.9. The number of carbonyl (C=O) groups excluding carboxylic acids is 2. The first-order valence-electron chi connectivity index (χ1n) is 7.35. The van der Waals surface area contributed by atoms with E-state index in [2.05, 4.69) is 11.4 Å². The van der Waals surface area contributed by atoms with Crippen LogP contribution in [-0.4, -0.2) is 30.6 Å². The number of nitriles is 1. The topological polar surface area (TPSA) is 88.4 Å². The van der Waals surface area contributed by atoms with Crippen LogP contribution in [-0.2, 0) is 14.3 Å². The maximum absolute atomic E-state index is 11.8. The van der Waals surface area contributed by atoms with Gasteiger partial charge in [0, 0.05) is 0 Å². The van der Waals surface area contributed by atoms with Crippen LogP contribution in [0.5, 0.6) is 5.75 Å². The molecular weight excluding hydrogens is 296 g/mol. The second-order valence-electron chi connectivity index (χ2n) is 5.73. The molecule has 6 nitrogen and oxygen atoms in total. The second-order valence-corrected chi connectivity index (χ2v) is 5.73. The zero-order valence-corrected chi connectivity index (χ0v) is 13.9. The highest BCUT2D eigenvalue weighted by atomic mass is 16.6. The SMILES string of the molecule is Cc1ccccc1OCC(=O)OCC(=O)N[C@](C)(C#N)C(C)C. The zero-order valence-electron chi connectivity index (χ0n) is 13.9. The molecule has 124 valence electrons. The Morgan fingerprint density at radius 2 is 1.96 bits per heavy atom. The fourth-order valence-electron chi connectivity index (χ4n) is 1.67. The summed E-state index contributed by atoms with van der Waals surface area (Å²) in [7, 11) is 0. The van der Waals surface area contributed by atoms with Gasteiger partial charge in [0.05, 0.1) is 6.07 Å². The fourth-order valence-corrected chi connectivity index (χ4v) is 1.67. The summed E-state index contributed by atoms with van der Waals surface area (Å²) in [5, 5.41) is 11.7. The molecule has 1 N–H and O–H groups in total. The van der Waals surface area contributed by atoms with Crippen molar-refractivity contribution in [2.24, 2.45) is 5.92 Å². The average molecular weight is 318 g/mol. The zero-order chi connectivity index (χ0) is 17.5. The van der Waals surface area contributed by atoms with Gasteiger partial charge in [-0.2, -0.15) is 5.26 Å². The molecule has 1 aromatic carbocycles. The van der Waals surface area contributed by atoms with E-state index in [1.54, 1.807) is 19.1 Å². The summed E-state index contributed by atoms with van der Waals surface area (Å²) in [6, 6.07) is 9.33. The Morgan fingerprint density at radius 1 is 1.30 bits per heavy atom. The van der Waals surface area contributed by atoms with Crippen molar-refractivity contribution >= 4 is 11.9 Å². The lowest BCUT2D eigenvalue weighted by Crippen LogP contribution is -2.50. The molecule has 1 atom stereocenters. The highest BCUT2D eigenvalue weighted by Crippen LogP contribution is 2.16. The largest absolute Gasteiger partial charge is 0.482 e. The number of carbonyl (C=O) groups is 2. The molecule has 0 aliphatic rings. The molecule has 0 saturated heterocycles. The maximum Gasteiger partial charge on any atom is 0.344 e. The third-order valence-electron chi connectivity index (χ3n) is 3.59. The van der Waals surface area contributed by atoms with E-state index in [-0.39, 0.29) is 12.5 Å². The van der Waals surface area contributed by atoms with Crippen molar-refractivity contribution in [2.45, 2.75) is 33.2 Å². The minimum absolute atomic E-state index is 0.0726. The summed E-state index contributed by atoms with van der Waals surface area (Å²) >= 11 is 0. The Hall–Kier alpha value is -2.55. The Morgan fingerprint density at radius 3 is 2.52 bits per heavy atom. The molecule has 0 fully saturated rings. The number of amides is 1. The monoisotopic (exact) mass is 318 g/mol. The summed E-state index contributed by atoms with van der Waals surface area (Å²) < 4.78 is 10.2. The first-order valence-corrected chi connectivity index (χ1v) is 7.35. The Kier molecular flexibility index (Phi) is 6.58. The predicted molar refractivity (Wildman–Crippen MR) is 84.6 cm³/mol. The minimum Gasteiger partial charge on any atom is -0.482 e. The molecule has 0 aliphatic heterocycles. The Balaban J connectivity index is 2.40. The third kappa shape index (κ3) is 5.62. The molecule has 0 unspecified atom stereocenters. The molecule has 0 heterocycles. The molecule has 1 amide bonds. The van der Waals surface area contributed by atoms with Crippen LogP contribution in [0.15, 0.2) is 24.3 Å². The molecule has 0 bridgehead atoms. The Labute approximate surface area is 136 Å². The number of ether oxygens (including phenoxy) is 2. The number of nitrogens with zero attached hydrogens (tertiary/aromatic N) is 1. The average Bonchev–Trinajstić information content (AvgIpc) is 2.51. The summed E-state index contributed by atoms with van der Waals surface area (Å²) in [6.45, 7) is 6.41. The lowest BCUT2D eigenvalue weighted by molar-refractivity contribution is -0.150. The summed E-state index contributed by atoms with van der Waals surface area (Å²) in [5.74, 6) is -0.652. The van der Waals surface area contributed by atoms with E-state index in [1.807, 2.05) is 32.9 Å². The van der Waals surface area contributed by atoms with Crippen molar-refractivity contribution in [1.29, 1.82) is 5.26 Å². The van der Waals surface area contributed by atoms with Gasteiger partial charge in [-0.15, -0.1) is 0 Å². The quantitative estimate of drug-likeness (QED) is 0.777. The number of nitrogens with one attached hydrogen (secondary N) is 1. The van der Waals surface area contributed by atoms with Gasteiger partial charge in [-0.05, 0) is 31.4 Å². The summed E-state index contributed by atoms with van der Waals surface area (Å²) in [4.78, 5) is 23.4. The number of hydrogen-bond acceptors (Lipinski definition) is 5. The van der Waals surface area contributed by atoms with E-state index in [0.29, 0.717) is 5.75 Å². The van der Waals surface area contributed by atoms with Gasteiger partial charge in [0.15, 0.2) is 13.2 Å². The number of esters is 1. The van der Waals surface area contributed by atoms with Gasteiger partial charge < -0.3 is 14.8 Å². The van der Waals surface area contributed by atoms with Crippen LogP contribution in [0.1, 0.15) is 26.3 Å². The van der Waals surface area contributed by atoms with Crippen molar-refractivity contribution in [1.82, 2.24) is 5.32 Å². The third-order valence-corrected chi connectivity index (χ3v) is 3.59. The molecule has 0 aliphatic carbocycles. The highest BCUT2D eigenvalue weighted by Gasteiger charge is 2.30. The van der Waals surface area contributed by atoms with E-state index in [9.17, 15) is 9.59 Å². The van der Waals surface area contributed by atoms with Gasteiger partial charge in [-0.25, -0.2) is 4.79 Å². The van der Waals surface area contributed by atoms with Crippen LogP contribution in [0.25, 0.3) is 0 Å². The smallest absolute Gasteiger partial charge is 0.344 e. The molecule has 0 spiro atoms. The van der Waals surface area contributed by atoms with Crippen LogP contribution in [0.4, 0.5) is 0 Å². The van der Waals surface area contributed by atoms with Crippen LogP contribution >= 0.6 is 0 Å². The lowest BCUT2D eigenvalue weighted by atomic mass is 9.90. The van der Waals surface area contributed by atoms with Crippen LogP contribution in [0, 0.1) is 24.2 Å². The van der Waals surface area contributed by atoms with Gasteiger partial charge in [-0.1, -0.05) is 32.0 Å². The first-order chi connectivity index (χ1) is 10.8. The molecule has 0 saturated carbocycles. The van der Waals surface area contributed by atoms with Crippen LogP contribution in [0.2, 0.25) is 0 Å². The molecule has 1 rings (SSSR count).